The lowest BCUT2D eigenvalue weighted by Crippen LogP contribution is -2.43. The molecule has 0 heterocycles. The maximum atomic E-state index is 11.0. The maximum Gasteiger partial charge on any atom is 0.213 e. The highest BCUT2D eigenvalue weighted by Gasteiger charge is 2.40. The Morgan fingerprint density at radius 3 is 2.63 bits per heavy atom. The minimum atomic E-state index is -3.45. The Kier molecular flexibility index (Phi) is 3.11. The van der Waals surface area contributed by atoms with Gasteiger partial charge < -0.3 is 5.32 Å². The van der Waals surface area contributed by atoms with E-state index in [0.29, 0.717) is 12.0 Å². The molecule has 19 heavy (non-hydrogen) atoms. The van der Waals surface area contributed by atoms with Crippen LogP contribution < -0.4 is 10.5 Å². The van der Waals surface area contributed by atoms with Gasteiger partial charge in [0.25, 0.3) is 0 Å². The van der Waals surface area contributed by atoms with Crippen LogP contribution in [0.3, 0.4) is 0 Å². The predicted molar refractivity (Wildman–Crippen MR) is 76.0 cm³/mol. The van der Waals surface area contributed by atoms with Crippen molar-refractivity contribution in [3.05, 3.63) is 42.0 Å². The number of anilines is 1. The third-order valence-corrected chi connectivity index (χ3v) is 4.77. The smallest absolute Gasteiger partial charge is 0.213 e. The van der Waals surface area contributed by atoms with Gasteiger partial charge in [-0.25, -0.2) is 13.6 Å². The molecule has 1 fully saturated rings. The van der Waals surface area contributed by atoms with Crippen LogP contribution in [-0.2, 0) is 15.8 Å². The van der Waals surface area contributed by atoms with Crippen LogP contribution in [0.2, 0.25) is 0 Å². The Morgan fingerprint density at radius 1 is 1.26 bits per heavy atom. The number of fused-ring (bicyclic) bond motifs is 1. The van der Waals surface area contributed by atoms with Crippen molar-refractivity contribution < 1.29 is 8.42 Å². The molecule has 0 amide bonds. The van der Waals surface area contributed by atoms with E-state index in [0.717, 1.165) is 17.2 Å². The van der Waals surface area contributed by atoms with Crippen LogP contribution >= 0.6 is 0 Å². The van der Waals surface area contributed by atoms with Crippen LogP contribution in [-0.4, -0.2) is 14.5 Å². The molecule has 102 valence electrons. The molecule has 3 unspecified atom stereocenters. The number of benzene rings is 1. The molecule has 4 nitrogen and oxygen atoms in total. The molecule has 1 aromatic rings. The Hall–Kier alpha value is -1.33. The zero-order valence-corrected chi connectivity index (χ0v) is 11.4. The normalized spacial score (nSPS) is 28.8. The fourth-order valence-electron chi connectivity index (χ4n) is 3.03. The third kappa shape index (κ3) is 2.82. The summed E-state index contributed by atoms with van der Waals surface area (Å²) in [6, 6.07) is 7.99. The van der Waals surface area contributed by atoms with Crippen LogP contribution in [0.1, 0.15) is 18.4 Å². The van der Waals surface area contributed by atoms with Crippen LogP contribution in [0, 0.1) is 11.8 Å². The lowest BCUT2D eigenvalue weighted by Gasteiger charge is -2.41. The first-order valence-electron chi connectivity index (χ1n) is 6.54. The number of allylic oxidation sites excluding steroid dienone is 1. The number of nitrogens with two attached hydrogens (primary N) is 1. The largest absolute Gasteiger partial charge is 0.382 e. The van der Waals surface area contributed by atoms with Gasteiger partial charge in [0, 0.05) is 17.6 Å². The molecule has 2 aliphatic rings. The average Bonchev–Trinajstić information content (AvgIpc) is 2.68. The fraction of sp³-hybridized carbons (Fsp3) is 0.429. The molecule has 3 rings (SSSR count). The summed E-state index contributed by atoms with van der Waals surface area (Å²) in [6.07, 6.45) is 7.01. The van der Waals surface area contributed by atoms with Crippen molar-refractivity contribution in [3.63, 3.8) is 0 Å². The first-order chi connectivity index (χ1) is 9.01. The van der Waals surface area contributed by atoms with Crippen LogP contribution in [0.5, 0.6) is 0 Å². The van der Waals surface area contributed by atoms with Crippen molar-refractivity contribution in [1.82, 2.24) is 0 Å². The second-order valence-electron chi connectivity index (χ2n) is 5.49. The molecule has 2 aliphatic carbocycles. The molecular formula is C14H18N2O2S. The zero-order chi connectivity index (χ0) is 13.5. The molecule has 0 saturated heterocycles. The summed E-state index contributed by atoms with van der Waals surface area (Å²) in [7, 11) is -3.45. The monoisotopic (exact) mass is 278 g/mol. The first-order valence-corrected chi connectivity index (χ1v) is 8.25. The van der Waals surface area contributed by atoms with Gasteiger partial charge in [0.1, 0.15) is 0 Å². The van der Waals surface area contributed by atoms with Gasteiger partial charge in [-0.1, -0.05) is 24.3 Å². The average molecular weight is 278 g/mol. The highest BCUT2D eigenvalue weighted by atomic mass is 32.2. The maximum absolute atomic E-state index is 11.0. The first kappa shape index (κ1) is 12.7. The van der Waals surface area contributed by atoms with E-state index in [4.69, 9.17) is 5.14 Å². The standard InChI is InChI=1S/C14H18N2O2S/c15-19(17,18)9-10-4-6-12(7-5-10)16-14-8-11-2-1-3-13(11)14/h1,3-7,11,13-14,16H,2,8-9H2,(H2,15,17,18). The highest BCUT2D eigenvalue weighted by Crippen LogP contribution is 2.43. The molecule has 0 bridgehead atoms. The highest BCUT2D eigenvalue weighted by molar-refractivity contribution is 7.88. The lowest BCUT2D eigenvalue weighted by atomic mass is 9.71. The third-order valence-electron chi connectivity index (χ3n) is 4.04. The Balaban J connectivity index is 1.62. The second kappa shape index (κ2) is 4.65. The van der Waals surface area contributed by atoms with Gasteiger partial charge in [-0.3, -0.25) is 0 Å². The van der Waals surface area contributed by atoms with Gasteiger partial charge in [-0.15, -0.1) is 0 Å². The predicted octanol–water partition coefficient (Wildman–Crippen LogP) is 1.85. The van der Waals surface area contributed by atoms with E-state index < -0.39 is 10.0 Å². The summed E-state index contributed by atoms with van der Waals surface area (Å²) in [5.74, 6) is 1.40. The SMILES string of the molecule is NS(=O)(=O)Cc1ccc(NC2CC3CC=CC32)cc1. The van der Waals surface area contributed by atoms with Gasteiger partial charge in [-0.05, 0) is 36.5 Å². The minimum absolute atomic E-state index is 0.107. The van der Waals surface area contributed by atoms with E-state index in [9.17, 15) is 8.42 Å². The summed E-state index contributed by atoms with van der Waals surface area (Å²) >= 11 is 0. The van der Waals surface area contributed by atoms with E-state index >= 15 is 0 Å². The van der Waals surface area contributed by atoms with Gasteiger partial charge in [0.15, 0.2) is 0 Å². The Morgan fingerprint density at radius 2 is 2.00 bits per heavy atom. The minimum Gasteiger partial charge on any atom is -0.382 e. The summed E-state index contributed by atoms with van der Waals surface area (Å²) in [5, 5.41) is 8.53. The molecule has 1 saturated carbocycles. The van der Waals surface area contributed by atoms with Crippen molar-refractivity contribution in [2.24, 2.45) is 17.0 Å². The van der Waals surface area contributed by atoms with Gasteiger partial charge in [0.05, 0.1) is 5.75 Å². The number of nitrogens with one attached hydrogen (secondary N) is 1. The molecule has 0 radical (unpaired) electrons. The number of hydrogen-bond donors (Lipinski definition) is 2. The molecule has 0 aliphatic heterocycles. The summed E-state index contributed by atoms with van der Waals surface area (Å²) in [6.45, 7) is 0. The van der Waals surface area contributed by atoms with E-state index in [2.05, 4.69) is 17.5 Å². The van der Waals surface area contributed by atoms with Crippen molar-refractivity contribution >= 4 is 15.7 Å². The fourth-order valence-corrected chi connectivity index (χ4v) is 3.68. The zero-order valence-electron chi connectivity index (χ0n) is 10.6. The summed E-state index contributed by atoms with van der Waals surface area (Å²) in [5.41, 5.74) is 1.77. The second-order valence-corrected chi connectivity index (χ2v) is 7.11. The van der Waals surface area contributed by atoms with Gasteiger partial charge in [-0.2, -0.15) is 0 Å². The van der Waals surface area contributed by atoms with E-state index in [-0.39, 0.29) is 5.75 Å². The van der Waals surface area contributed by atoms with Crippen molar-refractivity contribution in [2.75, 3.05) is 5.32 Å². The van der Waals surface area contributed by atoms with E-state index in [1.807, 2.05) is 24.3 Å². The Labute approximate surface area is 113 Å². The molecule has 0 spiro atoms. The number of primary sulfonamides is 1. The van der Waals surface area contributed by atoms with Crippen molar-refractivity contribution in [1.29, 1.82) is 0 Å². The molecule has 1 aromatic carbocycles. The number of rotatable bonds is 4. The molecule has 5 heteroatoms. The quantitative estimate of drug-likeness (QED) is 0.826. The van der Waals surface area contributed by atoms with Gasteiger partial charge >= 0.3 is 0 Å². The van der Waals surface area contributed by atoms with Crippen LogP contribution in [0.15, 0.2) is 36.4 Å². The van der Waals surface area contributed by atoms with Crippen molar-refractivity contribution in [2.45, 2.75) is 24.6 Å². The molecule has 0 aromatic heterocycles. The topological polar surface area (TPSA) is 72.2 Å². The van der Waals surface area contributed by atoms with Gasteiger partial charge in [0.2, 0.25) is 10.0 Å². The van der Waals surface area contributed by atoms with Crippen LogP contribution in [0.4, 0.5) is 5.69 Å². The lowest BCUT2D eigenvalue weighted by molar-refractivity contribution is 0.218. The van der Waals surface area contributed by atoms with Crippen LogP contribution in [0.25, 0.3) is 0 Å². The molecule has 3 atom stereocenters. The Bertz CT molecular complexity index is 592. The number of sulfonamides is 1. The molecular weight excluding hydrogens is 260 g/mol. The van der Waals surface area contributed by atoms with E-state index in [1.165, 1.54) is 12.8 Å². The van der Waals surface area contributed by atoms with Crippen molar-refractivity contribution in [3.8, 4) is 0 Å². The summed E-state index contributed by atoms with van der Waals surface area (Å²) < 4.78 is 22.0. The number of hydrogen-bond acceptors (Lipinski definition) is 3. The molecule has 3 N–H and O–H groups in total. The van der Waals surface area contributed by atoms with E-state index in [1.54, 1.807) is 0 Å². The summed E-state index contributed by atoms with van der Waals surface area (Å²) in [4.78, 5) is 0.